The van der Waals surface area contributed by atoms with Gasteiger partial charge in [0, 0.05) is 6.42 Å². The molecule has 124 valence electrons. The summed E-state index contributed by atoms with van der Waals surface area (Å²) in [6, 6.07) is 5.66. The molecule has 2 atom stereocenters. The number of methoxy groups -OCH3 is 2. The van der Waals surface area contributed by atoms with Crippen molar-refractivity contribution in [1.82, 2.24) is 0 Å². The van der Waals surface area contributed by atoms with E-state index >= 15 is 0 Å². The number of rotatable bonds is 7. The molecule has 0 spiro atoms. The lowest BCUT2D eigenvalue weighted by atomic mass is 10.2. The van der Waals surface area contributed by atoms with E-state index in [0.29, 0.717) is 36.1 Å². The molecule has 1 aliphatic rings. The van der Waals surface area contributed by atoms with Crippen molar-refractivity contribution in [2.45, 2.75) is 32.5 Å². The maximum absolute atomic E-state index is 5.90. The van der Waals surface area contributed by atoms with Crippen molar-refractivity contribution in [3.05, 3.63) is 18.2 Å². The molecule has 1 aliphatic heterocycles. The summed E-state index contributed by atoms with van der Waals surface area (Å²) in [5.41, 5.74) is 0. The molecule has 0 aliphatic carbocycles. The normalized spacial score (nSPS) is 24.8. The molecular weight excluding hydrogens is 282 g/mol. The predicted octanol–water partition coefficient (Wildman–Crippen LogP) is 1.16. The molecule has 1 N–H and O–H groups in total. The van der Waals surface area contributed by atoms with Gasteiger partial charge in [-0.05, 0) is 26.0 Å². The summed E-state index contributed by atoms with van der Waals surface area (Å²) in [5, 5.41) is 0. The van der Waals surface area contributed by atoms with Crippen LogP contribution >= 0.6 is 0 Å². The lowest BCUT2D eigenvalue weighted by Crippen LogP contribution is -3.15. The maximum atomic E-state index is 5.90. The Morgan fingerprint density at radius 3 is 2.23 bits per heavy atom. The monoisotopic (exact) mass is 310 g/mol. The first-order chi connectivity index (χ1) is 10.6. The van der Waals surface area contributed by atoms with Crippen LogP contribution in [0.1, 0.15) is 20.3 Å². The number of quaternary nitrogens is 1. The summed E-state index contributed by atoms with van der Waals surface area (Å²) >= 11 is 0. The van der Waals surface area contributed by atoms with Gasteiger partial charge in [-0.25, -0.2) is 0 Å². The Balaban J connectivity index is 1.81. The lowest BCUT2D eigenvalue weighted by molar-refractivity contribution is -0.915. The summed E-state index contributed by atoms with van der Waals surface area (Å²) in [6.45, 7) is 8.18. The van der Waals surface area contributed by atoms with Gasteiger partial charge in [0.15, 0.2) is 11.5 Å². The molecule has 1 saturated heterocycles. The van der Waals surface area contributed by atoms with Crippen LogP contribution in [0.25, 0.3) is 0 Å². The quantitative estimate of drug-likeness (QED) is 0.768. The molecule has 5 nitrogen and oxygen atoms in total. The SMILES string of the molecule is COc1cccc(OC)c1OCCC[NH+]1C[C@@H](C)O[C@H](C)C1. The molecule has 0 radical (unpaired) electrons. The second-order valence-electron chi connectivity index (χ2n) is 5.86. The second kappa shape index (κ2) is 8.25. The Bertz CT molecular complexity index is 434. The van der Waals surface area contributed by atoms with E-state index in [0.717, 1.165) is 26.1 Å². The Kier molecular flexibility index (Phi) is 6.34. The summed E-state index contributed by atoms with van der Waals surface area (Å²) in [6.07, 6.45) is 1.68. The summed E-state index contributed by atoms with van der Waals surface area (Å²) in [5.74, 6) is 2.10. The molecule has 2 rings (SSSR count). The van der Waals surface area contributed by atoms with Crippen LogP contribution in [0.3, 0.4) is 0 Å². The van der Waals surface area contributed by atoms with Crippen LogP contribution in [0.5, 0.6) is 17.2 Å². The third-order valence-electron chi connectivity index (χ3n) is 3.92. The summed E-state index contributed by atoms with van der Waals surface area (Å²) in [4.78, 5) is 1.59. The average molecular weight is 310 g/mol. The number of nitrogens with one attached hydrogen (secondary N) is 1. The Hall–Kier alpha value is -1.46. The van der Waals surface area contributed by atoms with E-state index < -0.39 is 0 Å². The molecule has 0 unspecified atom stereocenters. The first-order valence-corrected chi connectivity index (χ1v) is 7.96. The van der Waals surface area contributed by atoms with Crippen molar-refractivity contribution in [2.75, 3.05) is 40.5 Å². The molecule has 5 heteroatoms. The first kappa shape index (κ1) is 16.9. The second-order valence-corrected chi connectivity index (χ2v) is 5.86. The third kappa shape index (κ3) is 4.52. The molecule has 1 aromatic carbocycles. The van der Waals surface area contributed by atoms with E-state index in [9.17, 15) is 0 Å². The van der Waals surface area contributed by atoms with Crippen LogP contribution in [-0.2, 0) is 4.74 Å². The van der Waals surface area contributed by atoms with Gasteiger partial charge in [-0.15, -0.1) is 0 Å². The number of hydrogen-bond acceptors (Lipinski definition) is 4. The van der Waals surface area contributed by atoms with E-state index in [2.05, 4.69) is 13.8 Å². The van der Waals surface area contributed by atoms with E-state index in [4.69, 9.17) is 18.9 Å². The van der Waals surface area contributed by atoms with Gasteiger partial charge >= 0.3 is 0 Å². The van der Waals surface area contributed by atoms with Crippen molar-refractivity contribution >= 4 is 0 Å². The van der Waals surface area contributed by atoms with Crippen molar-refractivity contribution in [3.63, 3.8) is 0 Å². The van der Waals surface area contributed by atoms with Crippen molar-refractivity contribution in [1.29, 1.82) is 0 Å². The van der Waals surface area contributed by atoms with Crippen molar-refractivity contribution in [2.24, 2.45) is 0 Å². The fourth-order valence-electron chi connectivity index (χ4n) is 3.05. The van der Waals surface area contributed by atoms with Gasteiger partial charge in [-0.1, -0.05) is 6.07 Å². The van der Waals surface area contributed by atoms with Crippen LogP contribution in [0, 0.1) is 0 Å². The molecule has 0 aromatic heterocycles. The van der Waals surface area contributed by atoms with Crippen molar-refractivity contribution in [3.8, 4) is 17.2 Å². The molecule has 0 bridgehead atoms. The van der Waals surface area contributed by atoms with Crippen LogP contribution in [0.4, 0.5) is 0 Å². The van der Waals surface area contributed by atoms with Crippen LogP contribution < -0.4 is 19.1 Å². The van der Waals surface area contributed by atoms with Gasteiger partial charge in [-0.2, -0.15) is 0 Å². The van der Waals surface area contributed by atoms with Gasteiger partial charge in [0.2, 0.25) is 5.75 Å². The number of ether oxygens (including phenoxy) is 4. The number of morpholine rings is 1. The van der Waals surface area contributed by atoms with Gasteiger partial charge in [-0.3, -0.25) is 0 Å². The zero-order chi connectivity index (χ0) is 15.9. The molecule has 1 aromatic rings. The highest BCUT2D eigenvalue weighted by atomic mass is 16.5. The Morgan fingerprint density at radius 1 is 1.09 bits per heavy atom. The predicted molar refractivity (Wildman–Crippen MR) is 85.2 cm³/mol. The number of benzene rings is 1. The van der Waals surface area contributed by atoms with Gasteiger partial charge in [0.1, 0.15) is 25.3 Å². The first-order valence-electron chi connectivity index (χ1n) is 7.96. The minimum atomic E-state index is 0.342. The van der Waals surface area contributed by atoms with Crippen LogP contribution in [0.2, 0.25) is 0 Å². The molecule has 22 heavy (non-hydrogen) atoms. The third-order valence-corrected chi connectivity index (χ3v) is 3.92. The molecule has 1 fully saturated rings. The molecule has 0 saturated carbocycles. The highest BCUT2D eigenvalue weighted by molar-refractivity contribution is 5.51. The zero-order valence-electron chi connectivity index (χ0n) is 14.1. The minimum Gasteiger partial charge on any atom is -0.493 e. The Labute approximate surface area is 133 Å². The standard InChI is InChI=1S/C17H27NO4/c1-13-11-18(12-14(2)22-13)9-6-10-21-17-15(19-3)7-5-8-16(17)20-4/h5,7-8,13-14H,6,9-12H2,1-4H3/p+1/t13-,14-/m1/s1. The molecule has 1 heterocycles. The van der Waals surface area contributed by atoms with Crippen LogP contribution in [0.15, 0.2) is 18.2 Å². The topological polar surface area (TPSA) is 41.4 Å². The van der Waals surface area contributed by atoms with Crippen molar-refractivity contribution < 1.29 is 23.8 Å². The van der Waals surface area contributed by atoms with Crippen LogP contribution in [-0.4, -0.2) is 52.7 Å². The maximum Gasteiger partial charge on any atom is 0.203 e. The van der Waals surface area contributed by atoms with Gasteiger partial charge in [0.05, 0.1) is 27.4 Å². The number of hydrogen-bond donors (Lipinski definition) is 1. The van der Waals surface area contributed by atoms with E-state index in [1.807, 2.05) is 18.2 Å². The smallest absolute Gasteiger partial charge is 0.203 e. The van der Waals surface area contributed by atoms with Gasteiger partial charge < -0.3 is 23.8 Å². The molecular formula is C17H28NO4+. The minimum absolute atomic E-state index is 0.342. The highest BCUT2D eigenvalue weighted by Gasteiger charge is 2.25. The largest absolute Gasteiger partial charge is 0.493 e. The van der Waals surface area contributed by atoms with E-state index in [1.54, 1.807) is 19.1 Å². The molecule has 0 amide bonds. The summed E-state index contributed by atoms with van der Waals surface area (Å²) < 4.78 is 22.3. The van der Waals surface area contributed by atoms with E-state index in [-0.39, 0.29) is 0 Å². The average Bonchev–Trinajstić information content (AvgIpc) is 2.50. The van der Waals surface area contributed by atoms with E-state index in [1.165, 1.54) is 0 Å². The fourth-order valence-corrected chi connectivity index (χ4v) is 3.05. The lowest BCUT2D eigenvalue weighted by Gasteiger charge is -2.32. The summed E-state index contributed by atoms with van der Waals surface area (Å²) in [7, 11) is 3.28. The fraction of sp³-hybridized carbons (Fsp3) is 0.647. The Morgan fingerprint density at radius 2 is 1.68 bits per heavy atom. The van der Waals surface area contributed by atoms with Gasteiger partial charge in [0.25, 0.3) is 0 Å². The number of para-hydroxylation sites is 1. The highest BCUT2D eigenvalue weighted by Crippen LogP contribution is 2.36. The zero-order valence-corrected chi connectivity index (χ0v) is 14.1.